The van der Waals surface area contributed by atoms with Crippen molar-refractivity contribution in [2.75, 3.05) is 5.32 Å². The number of nitro groups is 1. The number of carbonyl (C=O) groups is 1. The lowest BCUT2D eigenvalue weighted by molar-refractivity contribution is -0.384. The molecule has 8 heteroatoms. The quantitative estimate of drug-likeness (QED) is 0.278. The fraction of sp³-hybridized carbons (Fsp3) is 0. The van der Waals surface area contributed by atoms with Gasteiger partial charge in [0.25, 0.3) is 5.69 Å². The molecular weight excluding hydrogens is 336 g/mol. The third-order valence-corrected chi connectivity index (χ3v) is 3.72. The van der Waals surface area contributed by atoms with Crippen LogP contribution < -0.4 is 5.32 Å². The van der Waals surface area contributed by atoms with Crippen LogP contribution in [0.25, 0.3) is 17.0 Å². The van der Waals surface area contributed by atoms with Gasteiger partial charge >= 0.3 is 5.97 Å². The normalized spacial score (nSPS) is 11.1. The van der Waals surface area contributed by atoms with Crippen LogP contribution in [0.1, 0.15) is 5.69 Å². The number of nitrogens with zero attached hydrogens (tertiary/aromatic N) is 2. The number of nitro benzene ring substituents is 1. The number of hydrogen-bond donors (Lipinski definition) is 3. The van der Waals surface area contributed by atoms with Crippen LogP contribution >= 0.6 is 0 Å². The number of H-pyrrole nitrogens is 1. The number of carboxylic acids is 1. The number of benzene rings is 2. The summed E-state index contributed by atoms with van der Waals surface area (Å²) < 4.78 is 0. The van der Waals surface area contributed by atoms with E-state index in [1.54, 1.807) is 18.2 Å². The summed E-state index contributed by atoms with van der Waals surface area (Å²) in [6.07, 6.45) is 1.25. The second-order valence-corrected chi connectivity index (χ2v) is 5.36. The van der Waals surface area contributed by atoms with Crippen LogP contribution in [-0.4, -0.2) is 21.0 Å². The number of hydrogen-bond acceptors (Lipinski definition) is 5. The molecule has 128 valence electrons. The van der Waals surface area contributed by atoms with Crippen molar-refractivity contribution in [3.63, 3.8) is 0 Å². The zero-order valence-corrected chi connectivity index (χ0v) is 13.3. The molecular formula is C18H12N4O4. The second kappa shape index (κ2) is 6.78. The smallest absolute Gasteiger partial charge is 0.346 e. The van der Waals surface area contributed by atoms with Gasteiger partial charge in [0, 0.05) is 28.7 Å². The Morgan fingerprint density at radius 2 is 1.92 bits per heavy atom. The van der Waals surface area contributed by atoms with Crippen molar-refractivity contribution in [3.8, 4) is 6.07 Å². The Balaban J connectivity index is 2.09. The van der Waals surface area contributed by atoms with Gasteiger partial charge in [-0.3, -0.25) is 10.1 Å². The average molecular weight is 348 g/mol. The van der Waals surface area contributed by atoms with Crippen molar-refractivity contribution in [2.24, 2.45) is 0 Å². The summed E-state index contributed by atoms with van der Waals surface area (Å²) in [6, 6.07) is 14.8. The fourth-order valence-electron chi connectivity index (χ4n) is 2.50. The van der Waals surface area contributed by atoms with Crippen LogP contribution in [0.4, 0.5) is 17.1 Å². The number of para-hydroxylation sites is 1. The number of nitrogens with one attached hydrogen (secondary N) is 2. The number of fused-ring (bicyclic) bond motifs is 1. The van der Waals surface area contributed by atoms with Crippen molar-refractivity contribution in [1.29, 1.82) is 5.26 Å². The van der Waals surface area contributed by atoms with Gasteiger partial charge in [-0.1, -0.05) is 18.2 Å². The van der Waals surface area contributed by atoms with Gasteiger partial charge in [-0.2, -0.15) is 5.26 Å². The van der Waals surface area contributed by atoms with E-state index in [-0.39, 0.29) is 5.69 Å². The Bertz CT molecular complexity index is 1070. The highest BCUT2D eigenvalue weighted by molar-refractivity contribution is 6.03. The largest absolute Gasteiger partial charge is 0.477 e. The van der Waals surface area contributed by atoms with Crippen LogP contribution in [-0.2, 0) is 4.79 Å². The molecule has 26 heavy (non-hydrogen) atoms. The summed E-state index contributed by atoms with van der Waals surface area (Å²) in [4.78, 5) is 24.5. The van der Waals surface area contributed by atoms with Crippen molar-refractivity contribution in [2.45, 2.75) is 0 Å². The molecule has 0 spiro atoms. The maximum atomic E-state index is 11.1. The molecule has 3 aromatic rings. The molecule has 2 aromatic carbocycles. The van der Waals surface area contributed by atoms with Crippen molar-refractivity contribution < 1.29 is 14.8 Å². The minimum absolute atomic E-state index is 0.0350. The molecule has 0 aliphatic carbocycles. The summed E-state index contributed by atoms with van der Waals surface area (Å²) in [5, 5.41) is 32.8. The van der Waals surface area contributed by atoms with Crippen LogP contribution in [0.5, 0.6) is 0 Å². The van der Waals surface area contributed by atoms with Crippen LogP contribution in [0.2, 0.25) is 0 Å². The first kappa shape index (κ1) is 16.7. The predicted molar refractivity (Wildman–Crippen MR) is 95.9 cm³/mol. The van der Waals surface area contributed by atoms with Gasteiger partial charge < -0.3 is 15.4 Å². The molecule has 0 unspecified atom stereocenters. The van der Waals surface area contributed by atoms with E-state index in [4.69, 9.17) is 10.4 Å². The van der Waals surface area contributed by atoms with Gasteiger partial charge in [0.15, 0.2) is 0 Å². The monoisotopic (exact) mass is 348 g/mol. The Kier molecular flexibility index (Phi) is 4.36. The standard InChI is InChI=1S/C18H12N4O4/c19-10-11(18(23)24)9-16-17(14-3-1-2-4-15(14)21-16)20-12-5-7-13(8-6-12)22(25)26/h1-9,20-21H,(H,23,24). The molecule has 1 aromatic heterocycles. The van der Waals surface area contributed by atoms with E-state index in [9.17, 15) is 14.9 Å². The third kappa shape index (κ3) is 3.22. The Morgan fingerprint density at radius 1 is 1.23 bits per heavy atom. The number of nitriles is 1. The highest BCUT2D eigenvalue weighted by Gasteiger charge is 2.14. The topological polar surface area (TPSA) is 132 Å². The number of aromatic nitrogens is 1. The lowest BCUT2D eigenvalue weighted by atomic mass is 10.1. The van der Waals surface area contributed by atoms with Crippen LogP contribution in [0.15, 0.2) is 54.1 Å². The minimum Gasteiger partial charge on any atom is -0.477 e. The summed E-state index contributed by atoms with van der Waals surface area (Å²) in [5.74, 6) is -1.33. The fourth-order valence-corrected chi connectivity index (χ4v) is 2.50. The van der Waals surface area contributed by atoms with Gasteiger partial charge in [0.2, 0.25) is 0 Å². The molecule has 1 heterocycles. The molecule has 0 aliphatic rings. The molecule has 8 nitrogen and oxygen atoms in total. The van der Waals surface area contributed by atoms with Crippen molar-refractivity contribution in [3.05, 3.63) is 69.9 Å². The zero-order chi connectivity index (χ0) is 18.7. The number of aromatic amines is 1. The lowest BCUT2D eigenvalue weighted by Crippen LogP contribution is -1.98. The second-order valence-electron chi connectivity index (χ2n) is 5.36. The van der Waals surface area contributed by atoms with E-state index in [1.165, 1.54) is 18.2 Å². The number of rotatable bonds is 5. The molecule has 0 aliphatic heterocycles. The first-order chi connectivity index (χ1) is 12.5. The van der Waals surface area contributed by atoms with Crippen molar-refractivity contribution in [1.82, 2.24) is 4.98 Å². The Morgan fingerprint density at radius 3 is 2.54 bits per heavy atom. The number of carboxylic acid groups (broad SMARTS) is 1. The molecule has 3 N–H and O–H groups in total. The zero-order valence-electron chi connectivity index (χ0n) is 13.3. The first-order valence-corrected chi connectivity index (χ1v) is 7.47. The Hall–Kier alpha value is -4.12. The molecule has 0 saturated heterocycles. The van der Waals surface area contributed by atoms with Gasteiger partial charge in [-0.25, -0.2) is 4.79 Å². The highest BCUT2D eigenvalue weighted by Crippen LogP contribution is 2.32. The Labute approximate surface area is 147 Å². The average Bonchev–Trinajstić information content (AvgIpc) is 2.97. The highest BCUT2D eigenvalue weighted by atomic mass is 16.6. The molecule has 0 saturated carbocycles. The third-order valence-electron chi connectivity index (χ3n) is 3.72. The van der Waals surface area contributed by atoms with E-state index < -0.39 is 16.5 Å². The molecule has 3 rings (SSSR count). The maximum absolute atomic E-state index is 11.1. The van der Waals surface area contributed by atoms with Crippen molar-refractivity contribution >= 4 is 40.0 Å². The SMILES string of the molecule is N#CC(=Cc1[nH]c2ccccc2c1Nc1ccc([N+](=O)[O-])cc1)C(=O)O. The van der Waals surface area contributed by atoms with Crippen LogP contribution in [0, 0.1) is 21.4 Å². The summed E-state index contributed by atoms with van der Waals surface area (Å²) in [5.41, 5.74) is 1.89. The van der Waals surface area contributed by atoms with E-state index in [1.807, 2.05) is 24.3 Å². The number of anilines is 2. The molecule has 0 amide bonds. The molecule has 0 bridgehead atoms. The molecule has 0 radical (unpaired) electrons. The van der Waals surface area contributed by atoms with Gasteiger partial charge in [0.05, 0.1) is 16.3 Å². The minimum atomic E-state index is -1.33. The summed E-state index contributed by atoms with van der Waals surface area (Å²) >= 11 is 0. The molecule has 0 atom stereocenters. The van der Waals surface area contributed by atoms with E-state index in [2.05, 4.69) is 10.3 Å². The predicted octanol–water partition coefficient (Wildman–Crippen LogP) is 3.81. The number of non-ortho nitro benzene ring substituents is 1. The van der Waals surface area contributed by atoms with E-state index in [0.717, 1.165) is 10.9 Å². The number of aliphatic carboxylic acids is 1. The van der Waals surface area contributed by atoms with Crippen LogP contribution in [0.3, 0.4) is 0 Å². The molecule has 0 fully saturated rings. The lowest BCUT2D eigenvalue weighted by Gasteiger charge is -2.07. The van der Waals surface area contributed by atoms with Gasteiger partial charge in [0.1, 0.15) is 11.6 Å². The van der Waals surface area contributed by atoms with Gasteiger partial charge in [-0.15, -0.1) is 0 Å². The summed E-state index contributed by atoms with van der Waals surface area (Å²) in [6.45, 7) is 0. The summed E-state index contributed by atoms with van der Waals surface area (Å²) in [7, 11) is 0. The first-order valence-electron chi connectivity index (χ1n) is 7.47. The van der Waals surface area contributed by atoms with Gasteiger partial charge in [-0.05, 0) is 24.3 Å². The maximum Gasteiger partial charge on any atom is 0.346 e. The van der Waals surface area contributed by atoms with E-state index >= 15 is 0 Å². The van der Waals surface area contributed by atoms with E-state index in [0.29, 0.717) is 17.1 Å².